The summed E-state index contributed by atoms with van der Waals surface area (Å²) < 4.78 is 6.23. The average molecular weight is 275 g/mol. The highest BCUT2D eigenvalue weighted by atomic mass is 28.4. The van der Waals surface area contributed by atoms with Gasteiger partial charge in [0.05, 0.1) is 0 Å². The predicted octanol–water partition coefficient (Wildman–Crippen LogP) is 2.94. The Morgan fingerprint density at radius 3 is 2.17 bits per heavy atom. The molecule has 0 bridgehead atoms. The topological polar surface area (TPSA) is 24.5 Å². The van der Waals surface area contributed by atoms with Gasteiger partial charge in [0.2, 0.25) is 0 Å². The van der Waals surface area contributed by atoms with Crippen molar-refractivity contribution >= 4 is 8.32 Å². The molecule has 0 amide bonds. The van der Waals surface area contributed by atoms with Crippen LogP contribution < -0.4 is 5.32 Å². The third-order valence-electron chi connectivity index (χ3n) is 3.89. The monoisotopic (exact) mass is 274 g/mol. The van der Waals surface area contributed by atoms with Crippen molar-refractivity contribution in [1.82, 2.24) is 10.2 Å². The van der Waals surface area contributed by atoms with Crippen molar-refractivity contribution in [3.8, 4) is 0 Å². The van der Waals surface area contributed by atoms with E-state index < -0.39 is 8.32 Å². The minimum absolute atomic E-state index is 0.313. The summed E-state index contributed by atoms with van der Waals surface area (Å²) in [5.41, 5.74) is 0. The molecule has 0 saturated carbocycles. The molecule has 0 radical (unpaired) electrons. The Kier molecular flexibility index (Phi) is 8.35. The molecule has 0 aliphatic carbocycles. The van der Waals surface area contributed by atoms with E-state index in [1.54, 1.807) is 0 Å². The Labute approximate surface area is 115 Å². The summed E-state index contributed by atoms with van der Waals surface area (Å²) in [7, 11) is 0.442. The van der Waals surface area contributed by atoms with Crippen LogP contribution in [0.1, 0.15) is 34.1 Å². The Morgan fingerprint density at radius 1 is 1.11 bits per heavy atom. The number of nitrogens with zero attached hydrogens (tertiary/aromatic N) is 1. The van der Waals surface area contributed by atoms with Gasteiger partial charge >= 0.3 is 0 Å². The van der Waals surface area contributed by atoms with Gasteiger partial charge < -0.3 is 9.74 Å². The van der Waals surface area contributed by atoms with Crippen molar-refractivity contribution < 1.29 is 4.43 Å². The quantitative estimate of drug-likeness (QED) is 0.654. The lowest BCUT2D eigenvalue weighted by molar-refractivity contribution is 0.199. The average Bonchev–Trinajstić information content (AvgIpc) is 2.24. The molecule has 0 unspecified atom stereocenters. The highest BCUT2D eigenvalue weighted by Crippen LogP contribution is 2.36. The van der Waals surface area contributed by atoms with Gasteiger partial charge in [-0.15, -0.1) is 0 Å². The van der Waals surface area contributed by atoms with Gasteiger partial charge in [-0.2, -0.15) is 0 Å². The van der Waals surface area contributed by atoms with Gasteiger partial charge in [-0.25, -0.2) is 0 Å². The maximum Gasteiger partial charge on any atom is 0.192 e. The number of nitrogens with one attached hydrogen (secondary N) is 1. The van der Waals surface area contributed by atoms with E-state index >= 15 is 0 Å². The number of rotatable bonds is 9. The number of hydrogen-bond acceptors (Lipinski definition) is 3. The van der Waals surface area contributed by atoms with Gasteiger partial charge in [-0.05, 0) is 38.1 Å². The van der Waals surface area contributed by atoms with Crippen molar-refractivity contribution in [3.63, 3.8) is 0 Å². The van der Waals surface area contributed by atoms with E-state index in [4.69, 9.17) is 4.43 Å². The van der Waals surface area contributed by atoms with Gasteiger partial charge in [0.1, 0.15) is 0 Å². The first-order chi connectivity index (χ1) is 8.24. The molecule has 3 nitrogen and oxygen atoms in total. The fraction of sp³-hybridized carbons (Fsp3) is 1.00. The van der Waals surface area contributed by atoms with Crippen LogP contribution in [0.15, 0.2) is 0 Å². The fourth-order valence-corrected chi connectivity index (χ4v) is 2.60. The Hall–Kier alpha value is 0.0969. The summed E-state index contributed by atoms with van der Waals surface area (Å²) in [5, 5.41) is 3.53. The van der Waals surface area contributed by atoms with Gasteiger partial charge in [0.15, 0.2) is 8.32 Å². The van der Waals surface area contributed by atoms with Crippen LogP contribution in [0.25, 0.3) is 0 Å². The summed E-state index contributed by atoms with van der Waals surface area (Å²) >= 11 is 0. The lowest BCUT2D eigenvalue weighted by Crippen LogP contribution is -2.43. The summed E-state index contributed by atoms with van der Waals surface area (Å²) in [4.78, 5) is 2.49. The highest BCUT2D eigenvalue weighted by molar-refractivity contribution is 6.74. The lowest BCUT2D eigenvalue weighted by Gasteiger charge is -2.36. The van der Waals surface area contributed by atoms with Crippen LogP contribution in [0.4, 0.5) is 0 Å². The molecule has 0 spiro atoms. The largest absolute Gasteiger partial charge is 0.416 e. The van der Waals surface area contributed by atoms with E-state index in [2.05, 4.69) is 51.0 Å². The van der Waals surface area contributed by atoms with E-state index in [0.717, 1.165) is 26.2 Å². The second-order valence-electron chi connectivity index (χ2n) is 6.55. The summed E-state index contributed by atoms with van der Waals surface area (Å²) in [6.45, 7) is 19.0. The van der Waals surface area contributed by atoms with Crippen LogP contribution in [-0.4, -0.2) is 53.1 Å². The van der Waals surface area contributed by atoms with Gasteiger partial charge in [-0.1, -0.05) is 27.7 Å². The van der Waals surface area contributed by atoms with Crippen LogP contribution in [0.3, 0.4) is 0 Å². The van der Waals surface area contributed by atoms with E-state index in [9.17, 15) is 0 Å². The molecule has 0 aromatic carbocycles. The standard InChI is InChI=1S/C14H34N2OSi/c1-8-10-16(11-9-15-5)12-13-17-18(6,7)14(2,3)4/h15H,8-13H2,1-7H3. The molecule has 0 aliphatic rings. The smallest absolute Gasteiger partial charge is 0.192 e. The number of likely N-dealkylation sites (N-methyl/N-ethyl adjacent to an activating group) is 1. The first-order valence-corrected chi connectivity index (χ1v) is 10.2. The van der Waals surface area contributed by atoms with Crippen LogP contribution in [0.2, 0.25) is 18.1 Å². The van der Waals surface area contributed by atoms with Gasteiger partial charge in [0.25, 0.3) is 0 Å². The maximum absolute atomic E-state index is 6.23. The van der Waals surface area contributed by atoms with Crippen LogP contribution in [0.5, 0.6) is 0 Å². The van der Waals surface area contributed by atoms with Crippen molar-refractivity contribution in [1.29, 1.82) is 0 Å². The lowest BCUT2D eigenvalue weighted by atomic mass is 10.2. The van der Waals surface area contributed by atoms with Crippen LogP contribution >= 0.6 is 0 Å². The molecule has 1 N–H and O–H groups in total. The minimum Gasteiger partial charge on any atom is -0.416 e. The van der Waals surface area contributed by atoms with E-state index in [1.807, 2.05) is 7.05 Å². The maximum atomic E-state index is 6.23. The van der Waals surface area contributed by atoms with Crippen LogP contribution in [0, 0.1) is 0 Å². The Balaban J connectivity index is 4.05. The van der Waals surface area contributed by atoms with Crippen molar-refractivity contribution in [3.05, 3.63) is 0 Å². The molecule has 0 saturated heterocycles. The zero-order valence-electron chi connectivity index (χ0n) is 13.6. The molecule has 18 heavy (non-hydrogen) atoms. The van der Waals surface area contributed by atoms with E-state index in [-0.39, 0.29) is 0 Å². The molecular formula is C14H34N2OSi. The first kappa shape index (κ1) is 18.1. The first-order valence-electron chi connectivity index (χ1n) is 7.25. The molecule has 4 heteroatoms. The second-order valence-corrected chi connectivity index (χ2v) is 11.4. The van der Waals surface area contributed by atoms with E-state index in [1.165, 1.54) is 13.0 Å². The van der Waals surface area contributed by atoms with Crippen molar-refractivity contribution in [2.75, 3.05) is 39.8 Å². The second kappa shape index (κ2) is 8.30. The SMILES string of the molecule is CCCN(CCNC)CCO[Si](C)(C)C(C)(C)C. The third kappa shape index (κ3) is 6.88. The summed E-state index contributed by atoms with van der Waals surface area (Å²) in [6.07, 6.45) is 1.21. The Bertz CT molecular complexity index is 214. The van der Waals surface area contributed by atoms with Crippen molar-refractivity contribution in [2.24, 2.45) is 0 Å². The summed E-state index contributed by atoms with van der Waals surface area (Å²) in [6, 6.07) is 0. The molecule has 110 valence electrons. The molecule has 0 atom stereocenters. The molecule has 0 aromatic heterocycles. The molecule has 0 aliphatic heterocycles. The Morgan fingerprint density at radius 2 is 1.72 bits per heavy atom. The molecule has 0 fully saturated rings. The fourth-order valence-electron chi connectivity index (χ4n) is 1.57. The van der Waals surface area contributed by atoms with Gasteiger partial charge in [0, 0.05) is 26.2 Å². The number of hydrogen-bond donors (Lipinski definition) is 1. The molecular weight excluding hydrogens is 240 g/mol. The molecule has 0 heterocycles. The zero-order valence-corrected chi connectivity index (χ0v) is 14.6. The molecule has 0 aromatic rings. The predicted molar refractivity (Wildman–Crippen MR) is 83.8 cm³/mol. The van der Waals surface area contributed by atoms with Crippen LogP contribution in [-0.2, 0) is 4.43 Å². The third-order valence-corrected chi connectivity index (χ3v) is 8.43. The zero-order chi connectivity index (χ0) is 14.2. The minimum atomic E-state index is -1.57. The van der Waals surface area contributed by atoms with E-state index in [0.29, 0.717) is 5.04 Å². The van der Waals surface area contributed by atoms with Gasteiger partial charge in [-0.3, -0.25) is 4.90 Å². The summed E-state index contributed by atoms with van der Waals surface area (Å²) in [5.74, 6) is 0. The van der Waals surface area contributed by atoms with Crippen molar-refractivity contribution in [2.45, 2.75) is 52.2 Å². The highest BCUT2D eigenvalue weighted by Gasteiger charge is 2.36. The molecule has 0 rings (SSSR count). The normalized spacial score (nSPS) is 13.3.